The predicted octanol–water partition coefficient (Wildman–Crippen LogP) is 3.99. The lowest BCUT2D eigenvalue weighted by Gasteiger charge is -2.34. The molecule has 0 radical (unpaired) electrons. The van der Waals surface area contributed by atoms with Crippen LogP contribution in [0.5, 0.6) is 0 Å². The molecule has 3 aromatic rings. The maximum Gasteiger partial charge on any atom is 0.253 e. The zero-order chi connectivity index (χ0) is 20.7. The van der Waals surface area contributed by atoms with Gasteiger partial charge in [-0.1, -0.05) is 36.4 Å². The first-order valence-corrected chi connectivity index (χ1v) is 12.4. The van der Waals surface area contributed by atoms with Crippen molar-refractivity contribution in [1.29, 1.82) is 0 Å². The molecule has 1 amide bonds. The first-order chi connectivity index (χ1) is 14.5. The monoisotopic (exact) mass is 438 g/mol. The molecule has 2 heterocycles. The van der Waals surface area contributed by atoms with Crippen molar-refractivity contribution >= 4 is 33.0 Å². The van der Waals surface area contributed by atoms with Crippen LogP contribution < -0.4 is 5.32 Å². The number of aryl methyl sites for hydroxylation is 2. The highest BCUT2D eigenvalue weighted by Gasteiger charge is 2.40. The Kier molecular flexibility index (Phi) is 4.97. The number of nitrogens with one attached hydrogen (secondary N) is 1. The van der Waals surface area contributed by atoms with Crippen LogP contribution in [0.4, 0.5) is 5.69 Å². The summed E-state index contributed by atoms with van der Waals surface area (Å²) in [5, 5.41) is 4.72. The summed E-state index contributed by atoms with van der Waals surface area (Å²) in [6.07, 6.45) is 3.60. The number of sulfonamides is 1. The van der Waals surface area contributed by atoms with Crippen molar-refractivity contribution in [2.45, 2.75) is 42.5 Å². The molecule has 1 atom stereocenters. The molecule has 0 bridgehead atoms. The SMILES string of the molecule is O=C(Nc1ccc2c(c1)CCC2)C1Cc2ccccc2CN1S(=O)(=O)c1cccs1. The van der Waals surface area contributed by atoms with Gasteiger partial charge in [0.15, 0.2) is 0 Å². The molecule has 0 spiro atoms. The molecule has 5 nitrogen and oxygen atoms in total. The number of benzene rings is 2. The van der Waals surface area contributed by atoms with Crippen LogP contribution in [0.1, 0.15) is 28.7 Å². The molecule has 0 saturated carbocycles. The Morgan fingerprint density at radius 3 is 2.57 bits per heavy atom. The van der Waals surface area contributed by atoms with Crippen LogP contribution in [0.15, 0.2) is 64.2 Å². The molecule has 1 aliphatic heterocycles. The molecular weight excluding hydrogens is 416 g/mol. The van der Waals surface area contributed by atoms with E-state index in [1.54, 1.807) is 17.5 Å². The predicted molar refractivity (Wildman–Crippen MR) is 118 cm³/mol. The third-order valence-electron chi connectivity index (χ3n) is 5.93. The average molecular weight is 439 g/mol. The standard InChI is InChI=1S/C23H22N2O3S2/c26-23(24-20-11-10-16-7-3-8-17(16)13-20)21-14-18-5-1-2-6-19(18)15-25(21)30(27,28)22-9-4-12-29-22/h1-2,4-6,9-13,21H,3,7-8,14-15H2,(H,24,26). The van der Waals surface area contributed by atoms with Gasteiger partial charge in [0.05, 0.1) is 0 Å². The van der Waals surface area contributed by atoms with Crippen LogP contribution in [-0.2, 0) is 40.6 Å². The number of anilines is 1. The van der Waals surface area contributed by atoms with E-state index in [1.165, 1.54) is 26.8 Å². The van der Waals surface area contributed by atoms with Gasteiger partial charge in [-0.05, 0) is 71.5 Å². The van der Waals surface area contributed by atoms with Crippen molar-refractivity contribution < 1.29 is 13.2 Å². The molecular formula is C23H22N2O3S2. The normalized spacial score (nSPS) is 18.6. The molecule has 2 aliphatic rings. The number of amides is 1. The fourth-order valence-corrected chi connectivity index (χ4v) is 7.06. The summed E-state index contributed by atoms with van der Waals surface area (Å²) in [4.78, 5) is 13.3. The second kappa shape index (κ2) is 7.65. The molecule has 30 heavy (non-hydrogen) atoms. The van der Waals surface area contributed by atoms with Gasteiger partial charge in [0.1, 0.15) is 10.3 Å². The Balaban J connectivity index is 1.48. The summed E-state index contributed by atoms with van der Waals surface area (Å²) < 4.78 is 28.3. The lowest BCUT2D eigenvalue weighted by Crippen LogP contribution is -2.50. The van der Waals surface area contributed by atoms with Crippen LogP contribution in [0.3, 0.4) is 0 Å². The van der Waals surface area contributed by atoms with Crippen molar-refractivity contribution in [2.75, 3.05) is 5.32 Å². The second-order valence-electron chi connectivity index (χ2n) is 7.80. The van der Waals surface area contributed by atoms with Crippen molar-refractivity contribution in [3.8, 4) is 0 Å². The van der Waals surface area contributed by atoms with E-state index in [0.717, 1.165) is 36.1 Å². The van der Waals surface area contributed by atoms with Gasteiger partial charge in [-0.3, -0.25) is 4.79 Å². The summed E-state index contributed by atoms with van der Waals surface area (Å²) >= 11 is 1.17. The second-order valence-corrected chi connectivity index (χ2v) is 10.9. The number of hydrogen-bond acceptors (Lipinski definition) is 4. The van der Waals surface area contributed by atoms with Gasteiger partial charge < -0.3 is 5.32 Å². The maximum atomic E-state index is 13.3. The number of rotatable bonds is 4. The Morgan fingerprint density at radius 1 is 0.967 bits per heavy atom. The average Bonchev–Trinajstić information content (AvgIpc) is 3.44. The van der Waals surface area contributed by atoms with E-state index in [4.69, 9.17) is 0 Å². The van der Waals surface area contributed by atoms with Crippen molar-refractivity contribution in [1.82, 2.24) is 4.31 Å². The molecule has 2 aromatic carbocycles. The van der Waals surface area contributed by atoms with Crippen molar-refractivity contribution in [3.05, 3.63) is 82.2 Å². The van der Waals surface area contributed by atoms with Crippen molar-refractivity contribution in [3.63, 3.8) is 0 Å². The first kappa shape index (κ1) is 19.5. The van der Waals surface area contributed by atoms with Crippen molar-refractivity contribution in [2.24, 2.45) is 0 Å². The van der Waals surface area contributed by atoms with E-state index in [1.807, 2.05) is 36.4 Å². The van der Waals surface area contributed by atoms with E-state index < -0.39 is 16.1 Å². The third kappa shape index (κ3) is 3.47. The Labute approximate surface area is 180 Å². The molecule has 7 heteroatoms. The Morgan fingerprint density at radius 2 is 1.77 bits per heavy atom. The number of thiophene rings is 1. The number of fused-ring (bicyclic) bond motifs is 2. The topological polar surface area (TPSA) is 66.5 Å². The molecule has 0 saturated heterocycles. The number of carbonyl (C=O) groups excluding carboxylic acids is 1. The minimum atomic E-state index is -3.77. The highest BCUT2D eigenvalue weighted by atomic mass is 32.2. The summed E-state index contributed by atoms with van der Waals surface area (Å²) in [5.41, 5.74) is 5.29. The fraction of sp³-hybridized carbons (Fsp3) is 0.261. The minimum Gasteiger partial charge on any atom is -0.325 e. The number of hydrogen-bond donors (Lipinski definition) is 1. The number of nitrogens with zero attached hydrogens (tertiary/aromatic N) is 1. The quantitative estimate of drug-likeness (QED) is 0.670. The summed E-state index contributed by atoms with van der Waals surface area (Å²) in [6, 6.07) is 16.3. The van der Waals surface area contributed by atoms with Gasteiger partial charge in [0.2, 0.25) is 5.91 Å². The van der Waals surface area contributed by atoms with Gasteiger partial charge in [-0.2, -0.15) is 4.31 Å². The van der Waals surface area contributed by atoms with E-state index in [-0.39, 0.29) is 16.7 Å². The lowest BCUT2D eigenvalue weighted by molar-refractivity contribution is -0.120. The van der Waals surface area contributed by atoms with Gasteiger partial charge >= 0.3 is 0 Å². The highest BCUT2D eigenvalue weighted by Crippen LogP contribution is 2.32. The van der Waals surface area contributed by atoms with Crippen LogP contribution in [0.25, 0.3) is 0 Å². The highest BCUT2D eigenvalue weighted by molar-refractivity contribution is 7.91. The molecule has 5 rings (SSSR count). The first-order valence-electron chi connectivity index (χ1n) is 10.1. The van der Waals surface area contributed by atoms with E-state index in [0.29, 0.717) is 6.42 Å². The molecule has 1 N–H and O–H groups in total. The third-order valence-corrected chi connectivity index (χ3v) is 9.16. The Hall–Kier alpha value is -2.48. The van der Waals surface area contributed by atoms with Crippen LogP contribution in [0.2, 0.25) is 0 Å². The largest absolute Gasteiger partial charge is 0.325 e. The number of carbonyl (C=O) groups is 1. The smallest absolute Gasteiger partial charge is 0.253 e. The molecule has 1 aliphatic carbocycles. The maximum absolute atomic E-state index is 13.3. The molecule has 0 fully saturated rings. The van der Waals surface area contributed by atoms with Gasteiger partial charge in [0.25, 0.3) is 10.0 Å². The summed E-state index contributed by atoms with van der Waals surface area (Å²) in [6.45, 7) is 0.193. The Bertz CT molecular complexity index is 1200. The van der Waals surface area contributed by atoms with E-state index in [9.17, 15) is 13.2 Å². The zero-order valence-corrected chi connectivity index (χ0v) is 18.0. The van der Waals surface area contributed by atoms with Gasteiger partial charge in [0, 0.05) is 12.2 Å². The lowest BCUT2D eigenvalue weighted by atomic mass is 9.95. The van der Waals surface area contributed by atoms with E-state index >= 15 is 0 Å². The molecule has 1 unspecified atom stereocenters. The summed E-state index contributed by atoms with van der Waals surface area (Å²) in [5.74, 6) is -0.289. The van der Waals surface area contributed by atoms with Gasteiger partial charge in [-0.15, -0.1) is 11.3 Å². The molecule has 154 valence electrons. The van der Waals surface area contributed by atoms with Crippen LogP contribution >= 0.6 is 11.3 Å². The van der Waals surface area contributed by atoms with Gasteiger partial charge in [-0.25, -0.2) is 8.42 Å². The molecule has 1 aromatic heterocycles. The minimum absolute atomic E-state index is 0.193. The zero-order valence-electron chi connectivity index (χ0n) is 16.4. The fourth-order valence-electron chi connectivity index (χ4n) is 4.38. The van der Waals surface area contributed by atoms with Crippen LogP contribution in [0, 0.1) is 0 Å². The summed E-state index contributed by atoms with van der Waals surface area (Å²) in [7, 11) is -3.77. The van der Waals surface area contributed by atoms with Crippen LogP contribution in [-0.4, -0.2) is 24.7 Å². The van der Waals surface area contributed by atoms with E-state index in [2.05, 4.69) is 11.4 Å².